The predicted molar refractivity (Wildman–Crippen MR) is 121 cm³/mol. The number of anilines is 1. The third kappa shape index (κ3) is 5.02. The number of hydrogen-bond acceptors (Lipinski definition) is 7. The molecule has 0 unspecified atom stereocenters. The first-order valence-corrected chi connectivity index (χ1v) is 10.6. The Morgan fingerprint density at radius 2 is 1.94 bits per heavy atom. The zero-order chi connectivity index (χ0) is 26.0. The maximum absolute atomic E-state index is 14.0. The van der Waals surface area contributed by atoms with Gasteiger partial charge in [0.2, 0.25) is 5.82 Å². The van der Waals surface area contributed by atoms with Crippen LogP contribution in [0.1, 0.15) is 44.4 Å². The zero-order valence-electron chi connectivity index (χ0n) is 18.7. The van der Waals surface area contributed by atoms with Crippen molar-refractivity contribution in [3.8, 4) is 5.82 Å². The van der Waals surface area contributed by atoms with Crippen molar-refractivity contribution in [2.24, 2.45) is 0 Å². The third-order valence-electron chi connectivity index (χ3n) is 4.91. The molecule has 0 fully saturated rings. The number of hydrogen-bond donors (Lipinski definition) is 2. The van der Waals surface area contributed by atoms with Gasteiger partial charge in [-0.25, -0.2) is 22.8 Å². The van der Waals surface area contributed by atoms with Crippen LogP contribution >= 0.6 is 11.6 Å². The van der Waals surface area contributed by atoms with E-state index in [0.717, 1.165) is 21.6 Å². The number of alkyl halides is 2. The van der Waals surface area contributed by atoms with Crippen LogP contribution in [-0.4, -0.2) is 53.8 Å². The molecule has 0 atom stereocenters. The van der Waals surface area contributed by atoms with Crippen molar-refractivity contribution in [2.75, 3.05) is 12.4 Å². The minimum atomic E-state index is -2.90. The molecular weight excluding hydrogens is 503 g/mol. The van der Waals surface area contributed by atoms with Gasteiger partial charge in [0.05, 0.1) is 22.0 Å². The highest BCUT2D eigenvalue weighted by Crippen LogP contribution is 2.25. The average Bonchev–Trinajstić information content (AvgIpc) is 3.48. The van der Waals surface area contributed by atoms with Gasteiger partial charge in [0.15, 0.2) is 5.82 Å². The fraction of sp³-hybridized carbons (Fsp3) is 0.190. The number of carbonyl (C=O) groups excluding carboxylic acids is 2. The number of tetrazole rings is 1. The highest BCUT2D eigenvalue weighted by Gasteiger charge is 2.23. The molecule has 2 amide bonds. The van der Waals surface area contributed by atoms with Crippen molar-refractivity contribution in [3.63, 3.8) is 0 Å². The summed E-state index contributed by atoms with van der Waals surface area (Å²) in [7, 11) is 1.37. The summed E-state index contributed by atoms with van der Waals surface area (Å²) in [6.07, 6.45) is -1.47. The molecule has 0 radical (unpaired) electrons. The Labute approximate surface area is 206 Å². The molecule has 0 saturated heterocycles. The molecule has 0 aliphatic heterocycles. The van der Waals surface area contributed by atoms with Crippen LogP contribution < -0.4 is 10.6 Å². The number of amides is 2. The summed E-state index contributed by atoms with van der Waals surface area (Å²) < 4.78 is 40.7. The van der Waals surface area contributed by atoms with Crippen molar-refractivity contribution in [1.29, 1.82) is 0 Å². The average molecular weight is 520 g/mol. The quantitative estimate of drug-likeness (QED) is 0.383. The Balaban J connectivity index is 1.75. The molecule has 11 nitrogen and oxygen atoms in total. The standard InChI is InChI=1S/C21H17ClF3N9O2/c1-10-6-11(23)7-13(20(35)26-2)16(10)28-21(36)15-8-12(9-33-31-18(17(24)25)29-32-33)30-34(15)19-14(22)4-3-5-27-19/h3-8,17H,9H2,1-2H3,(H,26,35)(H,28,36). The maximum Gasteiger partial charge on any atom is 0.301 e. The number of carbonyl (C=O) groups is 2. The van der Waals surface area contributed by atoms with Crippen LogP contribution in [-0.2, 0) is 6.54 Å². The molecule has 0 saturated carbocycles. The van der Waals surface area contributed by atoms with Crippen LogP contribution in [0.25, 0.3) is 5.82 Å². The summed E-state index contributed by atoms with van der Waals surface area (Å²) in [6, 6.07) is 6.63. The highest BCUT2D eigenvalue weighted by molar-refractivity contribution is 6.32. The van der Waals surface area contributed by atoms with Crippen LogP contribution in [0.2, 0.25) is 5.02 Å². The Kier molecular flexibility index (Phi) is 6.96. The molecule has 0 aliphatic carbocycles. The van der Waals surface area contributed by atoms with Gasteiger partial charge in [-0.1, -0.05) is 11.6 Å². The predicted octanol–water partition coefficient (Wildman–Crippen LogP) is 2.95. The Morgan fingerprint density at radius 1 is 1.17 bits per heavy atom. The largest absolute Gasteiger partial charge is 0.355 e. The van der Waals surface area contributed by atoms with Crippen molar-refractivity contribution < 1.29 is 22.8 Å². The first-order chi connectivity index (χ1) is 17.2. The molecule has 4 aromatic rings. The summed E-state index contributed by atoms with van der Waals surface area (Å²) in [6.45, 7) is 1.33. The molecular formula is C21H17ClF3N9O2. The van der Waals surface area contributed by atoms with Gasteiger partial charge in [0.1, 0.15) is 18.1 Å². The zero-order valence-corrected chi connectivity index (χ0v) is 19.5. The molecule has 36 heavy (non-hydrogen) atoms. The van der Waals surface area contributed by atoms with E-state index < -0.39 is 29.9 Å². The Morgan fingerprint density at radius 3 is 2.61 bits per heavy atom. The number of halogens is 4. The van der Waals surface area contributed by atoms with E-state index in [1.54, 1.807) is 6.07 Å². The van der Waals surface area contributed by atoms with Crippen LogP contribution in [0, 0.1) is 12.7 Å². The van der Waals surface area contributed by atoms with E-state index >= 15 is 0 Å². The van der Waals surface area contributed by atoms with E-state index in [-0.39, 0.29) is 40.0 Å². The number of benzene rings is 1. The van der Waals surface area contributed by atoms with Gasteiger partial charge in [0, 0.05) is 13.2 Å². The Hall–Kier alpha value is -4.33. The molecule has 4 rings (SSSR count). The van der Waals surface area contributed by atoms with Crippen molar-refractivity contribution in [3.05, 3.63) is 75.7 Å². The fourth-order valence-electron chi connectivity index (χ4n) is 3.32. The van der Waals surface area contributed by atoms with E-state index in [4.69, 9.17) is 11.6 Å². The molecule has 1 aromatic carbocycles. The number of rotatable bonds is 7. The van der Waals surface area contributed by atoms with E-state index in [1.165, 1.54) is 32.3 Å². The first kappa shape index (κ1) is 24.8. The van der Waals surface area contributed by atoms with Gasteiger partial charge in [-0.15, -0.1) is 10.2 Å². The smallest absolute Gasteiger partial charge is 0.301 e. The van der Waals surface area contributed by atoms with Crippen LogP contribution in [0.5, 0.6) is 0 Å². The van der Waals surface area contributed by atoms with Crippen LogP contribution in [0.15, 0.2) is 36.5 Å². The molecule has 186 valence electrons. The van der Waals surface area contributed by atoms with Crippen molar-refractivity contribution >= 4 is 29.1 Å². The summed E-state index contributed by atoms with van der Waals surface area (Å²) in [5, 5.41) is 19.9. The number of aromatic nitrogens is 7. The lowest BCUT2D eigenvalue weighted by molar-refractivity contribution is 0.0963. The van der Waals surface area contributed by atoms with Crippen LogP contribution in [0.3, 0.4) is 0 Å². The van der Waals surface area contributed by atoms with E-state index in [9.17, 15) is 22.8 Å². The number of nitrogens with zero attached hydrogens (tertiary/aromatic N) is 7. The Bertz CT molecular complexity index is 1450. The van der Waals surface area contributed by atoms with Gasteiger partial charge < -0.3 is 10.6 Å². The monoisotopic (exact) mass is 519 g/mol. The second-order valence-corrected chi connectivity index (χ2v) is 7.81. The summed E-state index contributed by atoms with van der Waals surface area (Å²) >= 11 is 6.26. The minimum Gasteiger partial charge on any atom is -0.355 e. The molecule has 3 heterocycles. The lowest BCUT2D eigenvalue weighted by atomic mass is 10.1. The second-order valence-electron chi connectivity index (χ2n) is 7.40. The van der Waals surface area contributed by atoms with E-state index in [1.807, 2.05) is 0 Å². The first-order valence-electron chi connectivity index (χ1n) is 10.3. The number of aryl methyl sites for hydroxylation is 1. The SMILES string of the molecule is CNC(=O)c1cc(F)cc(C)c1NC(=O)c1cc(Cn2nnc(C(F)F)n2)nn1-c1ncccc1Cl. The van der Waals surface area contributed by atoms with Crippen molar-refractivity contribution in [1.82, 2.24) is 40.3 Å². The van der Waals surface area contributed by atoms with Crippen LogP contribution in [0.4, 0.5) is 18.9 Å². The molecule has 15 heteroatoms. The van der Waals surface area contributed by atoms with Gasteiger partial charge in [-0.2, -0.15) is 9.90 Å². The minimum absolute atomic E-state index is 0.0635. The molecule has 0 spiro atoms. The lowest BCUT2D eigenvalue weighted by Gasteiger charge is -2.14. The van der Waals surface area contributed by atoms with Gasteiger partial charge in [0.25, 0.3) is 11.8 Å². The van der Waals surface area contributed by atoms with E-state index in [0.29, 0.717) is 5.56 Å². The maximum atomic E-state index is 14.0. The van der Waals surface area contributed by atoms with E-state index in [2.05, 4.69) is 36.1 Å². The van der Waals surface area contributed by atoms with Gasteiger partial charge in [-0.05, 0) is 48.0 Å². The lowest BCUT2D eigenvalue weighted by Crippen LogP contribution is -2.24. The topological polar surface area (TPSA) is 133 Å². The number of nitrogens with one attached hydrogen (secondary N) is 2. The van der Waals surface area contributed by atoms with Crippen molar-refractivity contribution in [2.45, 2.75) is 19.9 Å². The molecule has 3 aromatic heterocycles. The summed E-state index contributed by atoms with van der Waals surface area (Å²) in [4.78, 5) is 30.7. The molecule has 2 N–H and O–H groups in total. The number of pyridine rings is 1. The van der Waals surface area contributed by atoms with Gasteiger partial charge in [-0.3, -0.25) is 9.59 Å². The normalized spacial score (nSPS) is 11.1. The molecule has 0 bridgehead atoms. The highest BCUT2D eigenvalue weighted by atomic mass is 35.5. The fourth-order valence-corrected chi connectivity index (χ4v) is 3.52. The summed E-state index contributed by atoms with van der Waals surface area (Å²) in [5.74, 6) is -2.64. The van der Waals surface area contributed by atoms with Gasteiger partial charge >= 0.3 is 6.43 Å². The second kappa shape index (κ2) is 10.1. The third-order valence-corrected chi connectivity index (χ3v) is 5.20. The summed E-state index contributed by atoms with van der Waals surface area (Å²) in [5.41, 5.74) is 0.433. The molecule has 0 aliphatic rings.